The van der Waals surface area contributed by atoms with Gasteiger partial charge in [-0.25, -0.2) is 21.6 Å². The molecule has 13 nitrogen and oxygen atoms in total. The van der Waals surface area contributed by atoms with Gasteiger partial charge in [-0.05, 0) is 117 Å². The number of hydroxylamine groups is 1. The summed E-state index contributed by atoms with van der Waals surface area (Å²) in [5, 5.41) is 20.5. The Morgan fingerprint density at radius 3 is 2.06 bits per heavy atom. The fraction of sp³-hybridized carbons (Fsp3) is 0.722. The molecule has 0 aliphatic heterocycles. The molecule has 0 saturated heterocycles. The van der Waals surface area contributed by atoms with Crippen LogP contribution >= 0.6 is 0 Å². The molecule has 1 aromatic carbocycles. The van der Waals surface area contributed by atoms with E-state index in [-0.39, 0.29) is 101 Å². The number of ketones is 1. The van der Waals surface area contributed by atoms with E-state index in [1.807, 2.05) is 0 Å². The van der Waals surface area contributed by atoms with Gasteiger partial charge in [-0.15, -0.1) is 0 Å². The van der Waals surface area contributed by atoms with Crippen molar-refractivity contribution in [1.82, 2.24) is 0 Å². The zero-order chi connectivity index (χ0) is 38.3. The molecule has 0 amide bonds. The van der Waals surface area contributed by atoms with Gasteiger partial charge in [0.05, 0.1) is 28.2 Å². The number of esters is 1. The van der Waals surface area contributed by atoms with Gasteiger partial charge in [-0.1, -0.05) is 13.8 Å². The number of rotatable bonds is 8. The third kappa shape index (κ3) is 11.2. The number of ether oxygens (including phenoxy) is 1. The largest absolute Gasteiger partial charge is 1.00 e. The normalized spacial score (nSPS) is 31.1. The minimum absolute atomic E-state index is 0. The summed E-state index contributed by atoms with van der Waals surface area (Å²) in [4.78, 5) is 33.2. The SMILES string of the molecule is CC(=O)C1CC[C@H]2[C@@H]3CC[C@@H]4C[C@H](OC(=O)CCC(=O)O)CC[C@]4(C)[C@H]3CC[C@]12C.CC(C)(C)/[N+]([O-])=C\c1ccc(S(=O)(=O)[O-])cc1S(=O)(=O)[O-].[Na+].[Na+]. The predicted molar refractivity (Wildman–Crippen MR) is 184 cm³/mol. The molecule has 0 bridgehead atoms. The molecular weight excluding hydrogens is 749 g/mol. The number of benzene rings is 1. The van der Waals surface area contributed by atoms with E-state index in [0.717, 1.165) is 55.9 Å². The summed E-state index contributed by atoms with van der Waals surface area (Å²) in [5.74, 6) is 2.07. The van der Waals surface area contributed by atoms with Crippen molar-refractivity contribution in [2.45, 2.75) is 134 Å². The number of carboxylic acids is 1. The zero-order valence-electron chi connectivity index (χ0n) is 32.3. The molecule has 4 aliphatic rings. The van der Waals surface area contributed by atoms with Gasteiger partial charge in [-0.2, -0.15) is 0 Å². The van der Waals surface area contributed by atoms with Crippen LogP contribution in [-0.2, 0) is 39.4 Å². The summed E-state index contributed by atoms with van der Waals surface area (Å²) >= 11 is 0. The maximum Gasteiger partial charge on any atom is 1.00 e. The summed E-state index contributed by atoms with van der Waals surface area (Å²) in [5.41, 5.74) is -0.676. The van der Waals surface area contributed by atoms with Crippen LogP contribution in [0.15, 0.2) is 28.0 Å². The van der Waals surface area contributed by atoms with E-state index in [1.165, 1.54) is 32.1 Å². The Kier molecular flexibility index (Phi) is 16.5. The number of carboxylic acid groups (broad SMARTS) is 1. The van der Waals surface area contributed by atoms with Gasteiger partial charge in [0.1, 0.15) is 32.1 Å². The first-order valence-corrected chi connectivity index (χ1v) is 20.5. The summed E-state index contributed by atoms with van der Waals surface area (Å²) in [6.07, 6.45) is 10.7. The van der Waals surface area contributed by atoms with Crippen molar-refractivity contribution in [1.29, 1.82) is 0 Å². The monoisotopic (exact) mass is 799 g/mol. The van der Waals surface area contributed by atoms with Gasteiger partial charge in [-0.3, -0.25) is 14.4 Å². The van der Waals surface area contributed by atoms with Crippen molar-refractivity contribution in [3.63, 3.8) is 0 Å². The Labute approximate surface area is 358 Å². The number of hydrogen-bond acceptors (Lipinski definition) is 11. The Morgan fingerprint density at radius 2 is 1.51 bits per heavy atom. The fourth-order valence-corrected chi connectivity index (χ4v) is 11.0. The number of hydrogen-bond donors (Lipinski definition) is 1. The van der Waals surface area contributed by atoms with Crippen LogP contribution in [0, 0.1) is 45.6 Å². The Bertz CT molecular complexity index is 1780. The molecule has 4 fully saturated rings. The number of Topliss-reactive ketones (excluding diaryl/α,β-unsaturated/α-hetero) is 1. The maximum atomic E-state index is 12.3. The van der Waals surface area contributed by atoms with E-state index in [1.54, 1.807) is 27.7 Å². The second-order valence-corrected chi connectivity index (χ2v) is 19.2. The van der Waals surface area contributed by atoms with E-state index in [0.29, 0.717) is 33.8 Å². The Hall–Kier alpha value is -0.880. The van der Waals surface area contributed by atoms with Crippen LogP contribution < -0.4 is 59.1 Å². The molecule has 53 heavy (non-hydrogen) atoms. The molecule has 0 heterocycles. The molecule has 0 radical (unpaired) electrons. The molecule has 1 N–H and O–H groups in total. The minimum atomic E-state index is -5.06. The second kappa shape index (κ2) is 18.1. The molecule has 4 aliphatic carbocycles. The average Bonchev–Trinajstić information content (AvgIpc) is 3.37. The first-order chi connectivity index (χ1) is 23.4. The van der Waals surface area contributed by atoms with E-state index in [4.69, 9.17) is 9.84 Å². The minimum Gasteiger partial charge on any atom is -0.744 e. The van der Waals surface area contributed by atoms with Gasteiger partial charge >= 0.3 is 71.1 Å². The Morgan fingerprint density at radius 1 is 0.906 bits per heavy atom. The van der Waals surface area contributed by atoms with Crippen LogP contribution in [0.5, 0.6) is 0 Å². The van der Waals surface area contributed by atoms with Crippen LogP contribution in [-0.4, -0.2) is 71.4 Å². The molecule has 5 rings (SSSR count). The molecule has 286 valence electrons. The van der Waals surface area contributed by atoms with Gasteiger partial charge < -0.3 is 24.2 Å². The fourth-order valence-electron chi connectivity index (χ4n) is 9.76. The standard InChI is InChI=1S/C25H38O5.C11H15NO7S2.2Na/c1-15(26)19-6-7-20-18-5-4-16-14-17(30-23(29)9-8-22(27)28)10-12-24(16,2)21(18)11-13-25(19,20)3;1-11(2,3)12(13)7-8-4-5-9(20(14,15)16)6-10(8)21(17,18)19;;/h16-21H,4-14H2,1-3H3,(H,27,28);4-7H,1-3H3,(H,14,15,16)(H,17,18,19);;/q;;2*+1/p-2/b;12-7+;;/t16-,17-,18+,19?,20+,21+,24+,25-;;;/m1.../s1. The molecule has 0 aromatic heterocycles. The first kappa shape index (κ1) is 48.3. The summed E-state index contributed by atoms with van der Waals surface area (Å²) in [6, 6.07) is 2.21. The number of aliphatic carboxylic acids is 1. The Balaban J connectivity index is 0.000000376. The van der Waals surface area contributed by atoms with E-state index >= 15 is 0 Å². The molecule has 4 saturated carbocycles. The molecule has 1 aromatic rings. The van der Waals surface area contributed by atoms with Crippen molar-refractivity contribution in [2.24, 2.45) is 40.4 Å². The van der Waals surface area contributed by atoms with E-state index in [2.05, 4.69) is 13.8 Å². The second-order valence-electron chi connectivity index (χ2n) is 16.5. The molecule has 8 atom stereocenters. The third-order valence-corrected chi connectivity index (χ3v) is 14.1. The number of fused-ring (bicyclic) bond motifs is 5. The third-order valence-electron chi connectivity index (χ3n) is 12.4. The van der Waals surface area contributed by atoms with Crippen molar-refractivity contribution < 1.29 is 114 Å². The molecular formula is C36H51NNa2O12S2. The van der Waals surface area contributed by atoms with E-state index < -0.39 is 41.5 Å². The van der Waals surface area contributed by atoms with Gasteiger partial charge in [0, 0.05) is 26.7 Å². The average molecular weight is 800 g/mol. The number of carbonyl (C=O) groups is 3. The van der Waals surface area contributed by atoms with Crippen LogP contribution in [0.4, 0.5) is 0 Å². The predicted octanol–water partition coefficient (Wildman–Crippen LogP) is -0.759. The van der Waals surface area contributed by atoms with Crippen LogP contribution in [0.25, 0.3) is 0 Å². The summed E-state index contributed by atoms with van der Waals surface area (Å²) in [7, 11) is -9.98. The maximum absolute atomic E-state index is 12.3. The van der Waals surface area contributed by atoms with Crippen LogP contribution in [0.3, 0.4) is 0 Å². The first-order valence-electron chi connectivity index (χ1n) is 17.7. The smallest absolute Gasteiger partial charge is 0.744 e. The number of carbonyl (C=O) groups excluding carboxylic acids is 2. The molecule has 17 heteroatoms. The van der Waals surface area contributed by atoms with Crippen molar-refractivity contribution >= 4 is 44.2 Å². The van der Waals surface area contributed by atoms with Crippen molar-refractivity contribution in [3.8, 4) is 0 Å². The van der Waals surface area contributed by atoms with Crippen molar-refractivity contribution in [2.75, 3.05) is 0 Å². The molecule has 0 spiro atoms. The van der Waals surface area contributed by atoms with Crippen LogP contribution in [0.1, 0.15) is 118 Å². The van der Waals surface area contributed by atoms with E-state index in [9.17, 15) is 45.5 Å². The number of nitrogens with zero attached hydrogens (tertiary/aromatic N) is 1. The van der Waals surface area contributed by atoms with Crippen LogP contribution in [0.2, 0.25) is 0 Å². The summed E-state index contributed by atoms with van der Waals surface area (Å²) < 4.78 is 72.2. The van der Waals surface area contributed by atoms with Gasteiger partial charge in [0.15, 0.2) is 11.8 Å². The zero-order valence-corrected chi connectivity index (χ0v) is 37.9. The quantitative estimate of drug-likeness (QED) is 0.0653. The van der Waals surface area contributed by atoms with Crippen molar-refractivity contribution in [3.05, 3.63) is 29.0 Å². The summed E-state index contributed by atoms with van der Waals surface area (Å²) in [6.45, 7) is 11.3. The van der Waals surface area contributed by atoms with Gasteiger partial charge in [0.2, 0.25) is 0 Å². The molecule has 1 unspecified atom stereocenters. The van der Waals surface area contributed by atoms with Gasteiger partial charge in [0.25, 0.3) is 0 Å². The topological polar surface area (TPSA) is 221 Å².